The third-order valence-electron chi connectivity index (χ3n) is 2.89. The van der Waals surface area contributed by atoms with Crippen molar-refractivity contribution in [3.8, 4) is 10.8 Å². The number of aromatic nitrogens is 1. The van der Waals surface area contributed by atoms with Crippen molar-refractivity contribution in [2.24, 2.45) is 0 Å². The highest BCUT2D eigenvalue weighted by molar-refractivity contribution is 7.09. The third kappa shape index (κ3) is 2.45. The van der Waals surface area contributed by atoms with Gasteiger partial charge in [-0.25, -0.2) is 0 Å². The molecule has 1 heterocycles. The highest BCUT2D eigenvalue weighted by Crippen LogP contribution is 2.34. The topological polar surface area (TPSA) is 34.1 Å². The summed E-state index contributed by atoms with van der Waals surface area (Å²) < 4.78 is 10.4. The molecule has 96 valence electrons. The molecule has 3 rings (SSSR count). The lowest BCUT2D eigenvalue weighted by atomic mass is 10.2. The summed E-state index contributed by atoms with van der Waals surface area (Å²) in [5.74, 6) is 0.881. The van der Waals surface area contributed by atoms with Gasteiger partial charge in [-0.05, 0) is 25.2 Å². The maximum atomic E-state index is 6.03. The van der Waals surface area contributed by atoms with E-state index >= 15 is 0 Å². The molecule has 19 heavy (non-hydrogen) atoms. The Kier molecular flexibility index (Phi) is 3.44. The summed E-state index contributed by atoms with van der Waals surface area (Å²) in [7, 11) is 1.93. The van der Waals surface area contributed by atoms with E-state index in [4.69, 9.17) is 4.74 Å². The van der Waals surface area contributed by atoms with Crippen LogP contribution < -0.4 is 10.1 Å². The van der Waals surface area contributed by atoms with Crippen LogP contribution in [0.2, 0.25) is 0 Å². The zero-order valence-electron chi connectivity index (χ0n) is 10.6. The molecule has 0 atom stereocenters. The van der Waals surface area contributed by atoms with E-state index in [1.807, 2.05) is 49.5 Å². The number of hydrogen-bond acceptors (Lipinski definition) is 4. The number of fused-ring (bicyclic) bond motifs is 1. The fourth-order valence-corrected chi connectivity index (χ4v) is 2.72. The van der Waals surface area contributed by atoms with E-state index in [-0.39, 0.29) is 0 Å². The van der Waals surface area contributed by atoms with Crippen molar-refractivity contribution >= 4 is 22.4 Å². The van der Waals surface area contributed by atoms with E-state index in [1.54, 1.807) is 0 Å². The van der Waals surface area contributed by atoms with Gasteiger partial charge < -0.3 is 10.1 Å². The molecule has 1 N–H and O–H groups in total. The largest absolute Gasteiger partial charge is 0.444 e. The fraction of sp³-hybridized carbons (Fsp3) is 0.133. The van der Waals surface area contributed by atoms with Crippen LogP contribution in [0.15, 0.2) is 48.5 Å². The molecular formula is C15H14N2OS. The summed E-state index contributed by atoms with van der Waals surface area (Å²) in [5, 5.41) is 5.06. The summed E-state index contributed by atoms with van der Waals surface area (Å²) >= 11 is 1.39. The number of nitrogens with one attached hydrogen (secondary N) is 1. The standard InChI is InChI=1S/C15H14N2OS/c1-16-10-11-6-2-5-9-14(11)18-15-12-7-3-4-8-13(12)17-19-15/h2-9,16H,10H2,1H3. The molecule has 0 saturated carbocycles. The minimum Gasteiger partial charge on any atom is -0.444 e. The highest BCUT2D eigenvalue weighted by atomic mass is 32.1. The molecule has 0 spiro atoms. The van der Waals surface area contributed by atoms with Crippen molar-refractivity contribution in [1.29, 1.82) is 0 Å². The second kappa shape index (κ2) is 5.38. The van der Waals surface area contributed by atoms with Gasteiger partial charge >= 0.3 is 0 Å². The first-order valence-corrected chi connectivity index (χ1v) is 6.90. The van der Waals surface area contributed by atoms with Crippen LogP contribution in [0.1, 0.15) is 5.56 Å². The molecule has 0 radical (unpaired) electrons. The number of nitrogens with zero attached hydrogens (tertiary/aromatic N) is 1. The summed E-state index contributed by atoms with van der Waals surface area (Å²) in [4.78, 5) is 0. The average Bonchev–Trinajstić information content (AvgIpc) is 2.85. The van der Waals surface area contributed by atoms with E-state index in [1.165, 1.54) is 11.5 Å². The molecule has 1 aromatic heterocycles. The van der Waals surface area contributed by atoms with Crippen molar-refractivity contribution < 1.29 is 4.74 Å². The van der Waals surface area contributed by atoms with Gasteiger partial charge in [-0.1, -0.05) is 30.3 Å². The van der Waals surface area contributed by atoms with Crippen molar-refractivity contribution in [2.45, 2.75) is 6.54 Å². The molecule has 0 amide bonds. The first-order valence-electron chi connectivity index (χ1n) is 6.13. The minimum absolute atomic E-state index is 0.785. The van der Waals surface area contributed by atoms with Crippen LogP contribution in [0, 0.1) is 0 Å². The maximum absolute atomic E-state index is 6.03. The summed E-state index contributed by atoms with van der Waals surface area (Å²) in [6.07, 6.45) is 0. The molecule has 0 aliphatic carbocycles. The van der Waals surface area contributed by atoms with Gasteiger partial charge in [0.2, 0.25) is 5.06 Å². The molecular weight excluding hydrogens is 256 g/mol. The average molecular weight is 270 g/mol. The molecule has 0 saturated heterocycles. The van der Waals surface area contributed by atoms with Gasteiger partial charge in [-0.2, -0.15) is 4.37 Å². The quantitative estimate of drug-likeness (QED) is 0.783. The number of rotatable bonds is 4. The van der Waals surface area contributed by atoms with Gasteiger partial charge in [0.25, 0.3) is 0 Å². The molecule has 0 unspecified atom stereocenters. The lowest BCUT2D eigenvalue weighted by Crippen LogP contribution is -2.06. The van der Waals surface area contributed by atoms with Gasteiger partial charge in [0.1, 0.15) is 5.75 Å². The Hall–Kier alpha value is -1.91. The summed E-state index contributed by atoms with van der Waals surface area (Å²) in [6, 6.07) is 16.1. The molecule has 2 aromatic carbocycles. The molecule has 3 aromatic rings. The summed E-state index contributed by atoms with van der Waals surface area (Å²) in [6.45, 7) is 0.785. The van der Waals surface area contributed by atoms with Crippen molar-refractivity contribution in [3.63, 3.8) is 0 Å². The number of hydrogen-bond donors (Lipinski definition) is 1. The van der Waals surface area contributed by atoms with Crippen LogP contribution >= 0.6 is 11.5 Å². The Bertz CT molecular complexity index is 693. The van der Waals surface area contributed by atoms with Crippen LogP contribution in [0.4, 0.5) is 0 Å². The Morgan fingerprint density at radius 2 is 1.89 bits per heavy atom. The first-order chi connectivity index (χ1) is 9.38. The lowest BCUT2D eigenvalue weighted by molar-refractivity contribution is 0.492. The van der Waals surface area contributed by atoms with E-state index in [2.05, 4.69) is 15.8 Å². The van der Waals surface area contributed by atoms with Crippen LogP contribution in [0.25, 0.3) is 10.9 Å². The van der Waals surface area contributed by atoms with Gasteiger partial charge in [0.05, 0.1) is 10.9 Å². The third-order valence-corrected chi connectivity index (χ3v) is 3.65. The predicted octanol–water partition coefficient (Wildman–Crippen LogP) is 3.81. The van der Waals surface area contributed by atoms with E-state index in [0.29, 0.717) is 0 Å². The molecule has 4 heteroatoms. The fourth-order valence-electron chi connectivity index (χ4n) is 1.98. The van der Waals surface area contributed by atoms with E-state index < -0.39 is 0 Å². The Labute approximate surface area is 116 Å². The summed E-state index contributed by atoms with van der Waals surface area (Å²) in [5.41, 5.74) is 2.12. The van der Waals surface area contributed by atoms with Crippen LogP contribution in [0.5, 0.6) is 10.8 Å². The van der Waals surface area contributed by atoms with Gasteiger partial charge in [0, 0.05) is 23.6 Å². The van der Waals surface area contributed by atoms with E-state index in [9.17, 15) is 0 Å². The van der Waals surface area contributed by atoms with Crippen molar-refractivity contribution in [3.05, 3.63) is 54.1 Å². The molecule has 0 aliphatic heterocycles. The molecule has 0 fully saturated rings. The Morgan fingerprint density at radius 3 is 2.79 bits per heavy atom. The number of para-hydroxylation sites is 1. The smallest absolute Gasteiger partial charge is 0.207 e. The molecule has 3 nitrogen and oxygen atoms in total. The Morgan fingerprint density at radius 1 is 1.11 bits per heavy atom. The molecule has 0 aliphatic rings. The van der Waals surface area contributed by atoms with Gasteiger partial charge in [0.15, 0.2) is 0 Å². The monoisotopic (exact) mass is 270 g/mol. The van der Waals surface area contributed by atoms with Crippen LogP contribution in [-0.2, 0) is 6.54 Å². The molecule has 0 bridgehead atoms. The first kappa shape index (κ1) is 12.1. The van der Waals surface area contributed by atoms with Crippen LogP contribution in [0.3, 0.4) is 0 Å². The second-order valence-corrected chi connectivity index (χ2v) is 4.96. The maximum Gasteiger partial charge on any atom is 0.207 e. The lowest BCUT2D eigenvalue weighted by Gasteiger charge is -2.09. The van der Waals surface area contributed by atoms with Gasteiger partial charge in [-0.15, -0.1) is 0 Å². The van der Waals surface area contributed by atoms with Gasteiger partial charge in [-0.3, -0.25) is 0 Å². The second-order valence-electron chi connectivity index (χ2n) is 4.23. The Balaban J connectivity index is 1.97. The minimum atomic E-state index is 0.785. The number of ether oxygens (including phenoxy) is 1. The van der Waals surface area contributed by atoms with Crippen molar-refractivity contribution in [1.82, 2.24) is 9.69 Å². The SMILES string of the molecule is CNCc1ccccc1Oc1snc2ccccc12. The van der Waals surface area contributed by atoms with Crippen LogP contribution in [-0.4, -0.2) is 11.4 Å². The predicted molar refractivity (Wildman–Crippen MR) is 78.9 cm³/mol. The number of benzene rings is 2. The van der Waals surface area contributed by atoms with Crippen molar-refractivity contribution in [2.75, 3.05) is 7.05 Å². The zero-order chi connectivity index (χ0) is 13.1. The normalized spacial score (nSPS) is 10.8. The van der Waals surface area contributed by atoms with E-state index in [0.717, 1.165) is 33.8 Å². The zero-order valence-corrected chi connectivity index (χ0v) is 11.4. The highest BCUT2D eigenvalue weighted by Gasteiger charge is 2.09.